The molecule has 1 fully saturated rings. The summed E-state index contributed by atoms with van der Waals surface area (Å²) in [5, 5.41) is 9.74. The molecule has 106 valence electrons. The first-order valence-corrected chi connectivity index (χ1v) is 8.00. The molecular formula is C12H17ClN2O3S. The minimum atomic E-state index is -3.67. The summed E-state index contributed by atoms with van der Waals surface area (Å²) in [6.45, 7) is 0. The van der Waals surface area contributed by atoms with E-state index in [1.54, 1.807) is 6.07 Å². The fourth-order valence-corrected chi connectivity index (χ4v) is 3.92. The summed E-state index contributed by atoms with van der Waals surface area (Å²) in [6, 6.07) is 4.21. The summed E-state index contributed by atoms with van der Waals surface area (Å²) < 4.78 is 27.1. The number of nitrogens with two attached hydrogens (primary N) is 1. The lowest BCUT2D eigenvalue weighted by atomic mass is 9.94. The maximum atomic E-state index is 12.2. The molecule has 0 amide bonds. The molecule has 19 heavy (non-hydrogen) atoms. The minimum absolute atomic E-state index is 0.00567. The van der Waals surface area contributed by atoms with E-state index in [-0.39, 0.29) is 22.7 Å². The lowest BCUT2D eigenvalue weighted by Gasteiger charge is -2.26. The van der Waals surface area contributed by atoms with Gasteiger partial charge in [-0.1, -0.05) is 11.6 Å². The van der Waals surface area contributed by atoms with Crippen LogP contribution in [0.2, 0.25) is 5.02 Å². The number of benzene rings is 1. The van der Waals surface area contributed by atoms with E-state index in [9.17, 15) is 13.5 Å². The van der Waals surface area contributed by atoms with Crippen LogP contribution in [-0.2, 0) is 10.0 Å². The molecule has 0 atom stereocenters. The molecule has 1 aliphatic carbocycles. The van der Waals surface area contributed by atoms with Crippen LogP contribution in [0.1, 0.15) is 25.7 Å². The lowest BCUT2D eigenvalue weighted by molar-refractivity contribution is 0.120. The summed E-state index contributed by atoms with van der Waals surface area (Å²) in [7, 11) is -3.67. The first-order chi connectivity index (χ1) is 8.88. The number of anilines is 1. The van der Waals surface area contributed by atoms with Crippen molar-refractivity contribution in [2.75, 3.05) is 5.73 Å². The molecule has 0 unspecified atom stereocenters. The molecule has 4 N–H and O–H groups in total. The van der Waals surface area contributed by atoms with Gasteiger partial charge in [-0.25, -0.2) is 13.1 Å². The van der Waals surface area contributed by atoms with E-state index in [4.69, 9.17) is 17.3 Å². The standard InChI is InChI=1S/C12H17ClN2O3S/c13-8-1-6-11(14)12(7-8)19(17,18)15-9-2-4-10(16)5-3-9/h1,6-7,9-10,15-16H,2-5,14H2. The Bertz CT molecular complexity index is 554. The maximum absolute atomic E-state index is 12.2. The van der Waals surface area contributed by atoms with Crippen LogP contribution in [0.4, 0.5) is 5.69 Å². The molecule has 0 saturated heterocycles. The highest BCUT2D eigenvalue weighted by Crippen LogP contribution is 2.25. The number of sulfonamides is 1. The van der Waals surface area contributed by atoms with E-state index < -0.39 is 10.0 Å². The highest BCUT2D eigenvalue weighted by molar-refractivity contribution is 7.89. The van der Waals surface area contributed by atoms with Crippen LogP contribution in [0.15, 0.2) is 23.1 Å². The summed E-state index contributed by atoms with van der Waals surface area (Å²) >= 11 is 5.80. The molecule has 1 aromatic rings. The molecule has 5 nitrogen and oxygen atoms in total. The van der Waals surface area contributed by atoms with Crippen LogP contribution in [0.3, 0.4) is 0 Å². The van der Waals surface area contributed by atoms with Gasteiger partial charge in [0.25, 0.3) is 0 Å². The molecular weight excluding hydrogens is 288 g/mol. The summed E-state index contributed by atoms with van der Waals surface area (Å²) in [6.07, 6.45) is 2.15. The number of aliphatic hydroxyl groups is 1. The van der Waals surface area contributed by atoms with Gasteiger partial charge >= 0.3 is 0 Å². The van der Waals surface area contributed by atoms with Crippen LogP contribution in [-0.4, -0.2) is 25.7 Å². The molecule has 0 radical (unpaired) electrons. The van der Waals surface area contributed by atoms with Crippen LogP contribution in [0, 0.1) is 0 Å². The van der Waals surface area contributed by atoms with Gasteiger partial charge in [0.05, 0.1) is 11.8 Å². The van der Waals surface area contributed by atoms with Gasteiger partial charge in [0.1, 0.15) is 4.90 Å². The smallest absolute Gasteiger partial charge is 0.242 e. The van der Waals surface area contributed by atoms with E-state index >= 15 is 0 Å². The van der Waals surface area contributed by atoms with Crippen molar-refractivity contribution in [2.45, 2.75) is 42.7 Å². The molecule has 1 aromatic carbocycles. The fraction of sp³-hybridized carbons (Fsp3) is 0.500. The van der Waals surface area contributed by atoms with Crippen molar-refractivity contribution in [3.63, 3.8) is 0 Å². The number of nitrogens with one attached hydrogen (secondary N) is 1. The van der Waals surface area contributed by atoms with Gasteiger partial charge in [0.15, 0.2) is 0 Å². The fourth-order valence-electron chi connectivity index (χ4n) is 2.22. The van der Waals surface area contributed by atoms with Gasteiger partial charge in [-0.2, -0.15) is 0 Å². The topological polar surface area (TPSA) is 92.4 Å². The average molecular weight is 305 g/mol. The van der Waals surface area contributed by atoms with Crippen molar-refractivity contribution in [2.24, 2.45) is 0 Å². The second-order valence-electron chi connectivity index (χ2n) is 4.81. The SMILES string of the molecule is Nc1ccc(Cl)cc1S(=O)(=O)NC1CCC(O)CC1. The van der Waals surface area contributed by atoms with Crippen molar-refractivity contribution in [1.82, 2.24) is 4.72 Å². The number of hydrogen-bond acceptors (Lipinski definition) is 4. The Hall–Kier alpha value is -0.820. The van der Waals surface area contributed by atoms with Crippen molar-refractivity contribution in [1.29, 1.82) is 0 Å². The molecule has 1 aliphatic rings. The van der Waals surface area contributed by atoms with Crippen LogP contribution in [0.5, 0.6) is 0 Å². The van der Waals surface area contributed by atoms with Crippen LogP contribution in [0.25, 0.3) is 0 Å². The largest absolute Gasteiger partial charge is 0.398 e. The second kappa shape index (κ2) is 5.66. The van der Waals surface area contributed by atoms with Crippen molar-refractivity contribution in [3.8, 4) is 0 Å². The molecule has 7 heteroatoms. The molecule has 2 rings (SSSR count). The number of halogens is 1. The highest BCUT2D eigenvalue weighted by Gasteiger charge is 2.26. The van der Waals surface area contributed by atoms with Gasteiger partial charge in [0, 0.05) is 11.1 Å². The number of rotatable bonds is 3. The Morgan fingerprint density at radius 3 is 2.53 bits per heavy atom. The number of hydrogen-bond donors (Lipinski definition) is 3. The van der Waals surface area contributed by atoms with Crippen molar-refractivity contribution in [3.05, 3.63) is 23.2 Å². The van der Waals surface area contributed by atoms with Crippen molar-refractivity contribution < 1.29 is 13.5 Å². The maximum Gasteiger partial charge on any atom is 0.242 e. The third-order valence-electron chi connectivity index (χ3n) is 3.28. The zero-order chi connectivity index (χ0) is 14.0. The van der Waals surface area contributed by atoms with Crippen LogP contribution < -0.4 is 10.5 Å². The number of aliphatic hydroxyl groups excluding tert-OH is 1. The van der Waals surface area contributed by atoms with E-state index in [1.165, 1.54) is 12.1 Å². The monoisotopic (exact) mass is 304 g/mol. The Balaban J connectivity index is 2.16. The van der Waals surface area contributed by atoms with E-state index in [0.29, 0.717) is 30.7 Å². The first-order valence-electron chi connectivity index (χ1n) is 6.14. The van der Waals surface area contributed by atoms with Gasteiger partial charge in [-0.3, -0.25) is 0 Å². The van der Waals surface area contributed by atoms with Crippen molar-refractivity contribution >= 4 is 27.3 Å². The molecule has 0 heterocycles. The third kappa shape index (κ3) is 3.60. The molecule has 1 saturated carbocycles. The number of nitrogen functional groups attached to an aromatic ring is 1. The van der Waals surface area contributed by atoms with Gasteiger partial charge in [0.2, 0.25) is 10.0 Å². The van der Waals surface area contributed by atoms with Crippen LogP contribution >= 0.6 is 11.6 Å². The summed E-state index contributed by atoms with van der Waals surface area (Å²) in [5.41, 5.74) is 5.86. The first kappa shape index (κ1) is 14.6. The lowest BCUT2D eigenvalue weighted by Crippen LogP contribution is -2.38. The molecule has 0 aliphatic heterocycles. The normalized spacial score (nSPS) is 24.3. The zero-order valence-electron chi connectivity index (χ0n) is 10.3. The van der Waals surface area contributed by atoms with E-state index in [1.807, 2.05) is 0 Å². The Morgan fingerprint density at radius 1 is 1.26 bits per heavy atom. The van der Waals surface area contributed by atoms with E-state index in [2.05, 4.69) is 4.72 Å². The third-order valence-corrected chi connectivity index (χ3v) is 5.09. The summed E-state index contributed by atoms with van der Waals surface area (Å²) in [5.74, 6) is 0. The molecule has 0 aromatic heterocycles. The molecule has 0 bridgehead atoms. The predicted molar refractivity (Wildman–Crippen MR) is 74.4 cm³/mol. The minimum Gasteiger partial charge on any atom is -0.398 e. The molecule has 0 spiro atoms. The van der Waals surface area contributed by atoms with E-state index in [0.717, 1.165) is 0 Å². The zero-order valence-corrected chi connectivity index (χ0v) is 11.9. The van der Waals surface area contributed by atoms with Gasteiger partial charge in [-0.15, -0.1) is 0 Å². The Morgan fingerprint density at radius 2 is 1.89 bits per heavy atom. The Kier molecular flexibility index (Phi) is 4.35. The quantitative estimate of drug-likeness (QED) is 0.738. The second-order valence-corrected chi connectivity index (χ2v) is 6.93. The Labute approximate surface area is 117 Å². The van der Waals surface area contributed by atoms with Gasteiger partial charge in [-0.05, 0) is 43.9 Å². The van der Waals surface area contributed by atoms with Gasteiger partial charge < -0.3 is 10.8 Å². The highest BCUT2D eigenvalue weighted by atomic mass is 35.5. The predicted octanol–water partition coefficient (Wildman–Crippen LogP) is 1.50. The summed E-state index contributed by atoms with van der Waals surface area (Å²) in [4.78, 5) is 0.00567. The average Bonchev–Trinajstić information content (AvgIpc) is 2.35.